The highest BCUT2D eigenvalue weighted by Crippen LogP contribution is 2.39. The first-order valence-corrected chi connectivity index (χ1v) is 15.4. The highest BCUT2D eigenvalue weighted by Gasteiger charge is 2.43. The van der Waals surface area contributed by atoms with Crippen molar-refractivity contribution in [2.24, 2.45) is 5.92 Å². The summed E-state index contributed by atoms with van der Waals surface area (Å²) in [6, 6.07) is 4.78. The molecule has 2 aliphatic carbocycles. The number of halogens is 7. The number of benzene rings is 2. The number of hydrogen-bond acceptors (Lipinski definition) is 3. The number of carbonyl (C=O) groups is 3. The molecule has 0 spiro atoms. The fourth-order valence-corrected chi connectivity index (χ4v) is 6.40. The Labute approximate surface area is 267 Å². The minimum absolute atomic E-state index is 0.0109. The number of urea groups is 2. The van der Waals surface area contributed by atoms with Gasteiger partial charge in [-0.1, -0.05) is 12.1 Å². The molecule has 3 aliphatic rings. The molecule has 3 fully saturated rings. The summed E-state index contributed by atoms with van der Waals surface area (Å²) in [5.41, 5.74) is -3.11. The van der Waals surface area contributed by atoms with Gasteiger partial charge in [-0.3, -0.25) is 9.69 Å². The highest BCUT2D eigenvalue weighted by molar-refractivity contribution is 5.92. The summed E-state index contributed by atoms with van der Waals surface area (Å²) in [4.78, 5) is 43.0. The summed E-state index contributed by atoms with van der Waals surface area (Å²) < 4.78 is 94.8. The average Bonchev–Trinajstić information content (AvgIpc) is 3.72. The number of rotatable bonds is 6. The predicted molar refractivity (Wildman–Crippen MR) is 158 cm³/mol. The van der Waals surface area contributed by atoms with E-state index in [0.29, 0.717) is 48.3 Å². The van der Waals surface area contributed by atoms with Crippen LogP contribution in [0.3, 0.4) is 0 Å². The lowest BCUT2D eigenvalue weighted by atomic mass is 9.85. The third-order valence-corrected chi connectivity index (χ3v) is 9.27. The standard InChI is InChI=1S/C32H36F7N5O3/c1-42(25-14-20(31(34,35)36)13-21(15-25)32(37,38)39)30(47)43(2)27-17-44(16-26(27)18-3-7-22(33)8-4-18)28(45)19-5-9-23(10-6-19)40-29(46)41-24-11-12-24/h3-4,7-8,13-15,19,23-24,26-27H,5-6,9-12,16-17H2,1-2H3,(H2,40,41,46)/t19?,23?,26-,27+/m0/s1. The molecular formula is C32H36F7N5O3. The molecule has 2 saturated carbocycles. The molecule has 8 nitrogen and oxygen atoms in total. The highest BCUT2D eigenvalue weighted by atomic mass is 19.4. The molecule has 0 bridgehead atoms. The van der Waals surface area contributed by atoms with E-state index in [1.54, 1.807) is 4.90 Å². The Balaban J connectivity index is 1.32. The predicted octanol–water partition coefficient (Wildman–Crippen LogP) is 6.37. The van der Waals surface area contributed by atoms with Crippen molar-refractivity contribution >= 4 is 23.7 Å². The number of alkyl halides is 6. The number of nitrogens with zero attached hydrogens (tertiary/aromatic N) is 3. The summed E-state index contributed by atoms with van der Waals surface area (Å²) in [5, 5.41) is 5.84. The lowest BCUT2D eigenvalue weighted by molar-refractivity contribution is -0.143. The molecule has 2 aromatic carbocycles. The Kier molecular flexibility index (Phi) is 9.65. The third kappa shape index (κ3) is 8.10. The van der Waals surface area contributed by atoms with Gasteiger partial charge in [-0.05, 0) is 74.4 Å². The van der Waals surface area contributed by atoms with Gasteiger partial charge in [0.15, 0.2) is 0 Å². The summed E-state index contributed by atoms with van der Waals surface area (Å²) in [6.45, 7) is 0.218. The van der Waals surface area contributed by atoms with Gasteiger partial charge in [0.1, 0.15) is 5.82 Å². The van der Waals surface area contributed by atoms with E-state index in [1.807, 2.05) is 0 Å². The maximum atomic E-state index is 13.8. The van der Waals surface area contributed by atoms with Crippen LogP contribution in [0.25, 0.3) is 0 Å². The zero-order chi connectivity index (χ0) is 34.3. The van der Waals surface area contributed by atoms with Crippen LogP contribution in [0.5, 0.6) is 0 Å². The van der Waals surface area contributed by atoms with Crippen LogP contribution in [0.15, 0.2) is 42.5 Å². The Hall–Kier alpha value is -4.04. The summed E-state index contributed by atoms with van der Waals surface area (Å²) in [5.74, 6) is -1.50. The molecule has 2 aromatic rings. The van der Waals surface area contributed by atoms with E-state index in [9.17, 15) is 45.1 Å². The van der Waals surface area contributed by atoms with Gasteiger partial charge in [-0.2, -0.15) is 26.3 Å². The van der Waals surface area contributed by atoms with E-state index >= 15 is 0 Å². The van der Waals surface area contributed by atoms with Crippen molar-refractivity contribution in [3.8, 4) is 0 Å². The van der Waals surface area contributed by atoms with Crippen LogP contribution in [-0.2, 0) is 17.1 Å². The lowest BCUT2D eigenvalue weighted by Crippen LogP contribution is -2.48. The number of likely N-dealkylation sites (tertiary alicyclic amines) is 1. The first-order valence-electron chi connectivity index (χ1n) is 15.4. The molecule has 15 heteroatoms. The van der Waals surface area contributed by atoms with Gasteiger partial charge >= 0.3 is 24.4 Å². The van der Waals surface area contributed by atoms with Gasteiger partial charge in [-0.25, -0.2) is 14.0 Å². The molecule has 2 atom stereocenters. The van der Waals surface area contributed by atoms with Crippen molar-refractivity contribution in [3.05, 3.63) is 65.0 Å². The summed E-state index contributed by atoms with van der Waals surface area (Å²) >= 11 is 0. The zero-order valence-corrected chi connectivity index (χ0v) is 25.8. The number of anilines is 1. The van der Waals surface area contributed by atoms with Gasteiger partial charge < -0.3 is 20.4 Å². The first-order chi connectivity index (χ1) is 22.0. The van der Waals surface area contributed by atoms with Crippen molar-refractivity contribution < 1.29 is 45.1 Å². The molecular weight excluding hydrogens is 635 g/mol. The topological polar surface area (TPSA) is 85.0 Å². The van der Waals surface area contributed by atoms with Gasteiger partial charge in [0.25, 0.3) is 0 Å². The SMILES string of the molecule is CN(C(=O)N(C)[C@@H]1CN(C(=O)C2CCC(NC(=O)NC3CC3)CC2)C[C@H]1c1ccc(F)cc1)c1cc(C(F)(F)F)cc(C(F)(F)F)c1. The molecule has 5 rings (SSSR count). The zero-order valence-electron chi connectivity index (χ0n) is 25.8. The van der Waals surface area contributed by atoms with Gasteiger partial charge in [0.05, 0.1) is 17.2 Å². The van der Waals surface area contributed by atoms with Crippen LogP contribution in [0, 0.1) is 11.7 Å². The van der Waals surface area contributed by atoms with Crippen LogP contribution >= 0.6 is 0 Å². The number of hydrogen-bond donors (Lipinski definition) is 2. The van der Waals surface area contributed by atoms with Gasteiger partial charge in [-0.15, -0.1) is 0 Å². The summed E-state index contributed by atoms with van der Waals surface area (Å²) in [7, 11) is 2.45. The third-order valence-electron chi connectivity index (χ3n) is 9.27. The molecule has 47 heavy (non-hydrogen) atoms. The molecule has 5 amide bonds. The molecule has 0 unspecified atom stereocenters. The maximum absolute atomic E-state index is 13.8. The fourth-order valence-electron chi connectivity index (χ4n) is 6.40. The fraction of sp³-hybridized carbons (Fsp3) is 0.531. The average molecular weight is 672 g/mol. The molecule has 0 radical (unpaired) electrons. The van der Waals surface area contributed by atoms with Crippen LogP contribution in [-0.4, -0.2) is 73.1 Å². The molecule has 1 aliphatic heterocycles. The molecule has 0 aromatic heterocycles. The van der Waals surface area contributed by atoms with Crippen molar-refractivity contribution in [2.45, 2.75) is 74.9 Å². The van der Waals surface area contributed by atoms with Crippen LogP contribution in [0.4, 0.5) is 46.0 Å². The number of likely N-dealkylation sites (N-methyl/N-ethyl adjacent to an activating group) is 1. The second kappa shape index (κ2) is 13.2. The van der Waals surface area contributed by atoms with Crippen LogP contribution in [0.1, 0.15) is 61.1 Å². The summed E-state index contributed by atoms with van der Waals surface area (Å²) in [6.07, 6.45) is -5.99. The van der Waals surface area contributed by atoms with E-state index in [0.717, 1.165) is 19.9 Å². The van der Waals surface area contributed by atoms with Crippen molar-refractivity contribution in [2.75, 3.05) is 32.1 Å². The van der Waals surface area contributed by atoms with Crippen LogP contribution in [0.2, 0.25) is 0 Å². The smallest absolute Gasteiger partial charge is 0.340 e. The monoisotopic (exact) mass is 671 g/mol. The second-order valence-corrected chi connectivity index (χ2v) is 12.6. The van der Waals surface area contributed by atoms with E-state index in [1.165, 1.54) is 36.2 Å². The molecule has 2 N–H and O–H groups in total. The van der Waals surface area contributed by atoms with E-state index in [2.05, 4.69) is 10.6 Å². The minimum atomic E-state index is -5.09. The first kappa shape index (κ1) is 34.3. The van der Waals surface area contributed by atoms with E-state index in [4.69, 9.17) is 0 Å². The minimum Gasteiger partial charge on any atom is -0.340 e. The number of carbonyl (C=O) groups excluding carboxylic acids is 3. The van der Waals surface area contributed by atoms with Gasteiger partial charge in [0.2, 0.25) is 5.91 Å². The Morgan fingerprint density at radius 3 is 1.77 bits per heavy atom. The molecule has 1 heterocycles. The Morgan fingerprint density at radius 1 is 0.766 bits per heavy atom. The normalized spacial score (nSPS) is 23.3. The van der Waals surface area contributed by atoms with Crippen molar-refractivity contribution in [3.63, 3.8) is 0 Å². The molecule has 256 valence electrons. The van der Waals surface area contributed by atoms with Crippen LogP contribution < -0.4 is 15.5 Å². The quantitative estimate of drug-likeness (QED) is 0.351. The largest absolute Gasteiger partial charge is 0.416 e. The Morgan fingerprint density at radius 2 is 1.28 bits per heavy atom. The van der Waals surface area contributed by atoms with E-state index in [-0.39, 0.29) is 49.1 Å². The Bertz CT molecular complexity index is 1440. The van der Waals surface area contributed by atoms with Crippen molar-refractivity contribution in [1.29, 1.82) is 0 Å². The van der Waals surface area contributed by atoms with Crippen molar-refractivity contribution in [1.82, 2.24) is 20.4 Å². The second-order valence-electron chi connectivity index (χ2n) is 12.6. The maximum Gasteiger partial charge on any atom is 0.416 e. The number of amides is 5. The number of nitrogens with one attached hydrogen (secondary N) is 2. The lowest BCUT2D eigenvalue weighted by Gasteiger charge is -2.33. The molecule has 1 saturated heterocycles. The van der Waals surface area contributed by atoms with Gasteiger partial charge in [0, 0.05) is 56.8 Å². The van der Waals surface area contributed by atoms with E-state index < -0.39 is 53.0 Å².